The number of benzene rings is 1. The second kappa shape index (κ2) is 6.60. The van der Waals surface area contributed by atoms with E-state index in [0.29, 0.717) is 17.8 Å². The molecule has 1 fully saturated rings. The van der Waals surface area contributed by atoms with Gasteiger partial charge in [0, 0.05) is 12.1 Å². The molecule has 3 heterocycles. The van der Waals surface area contributed by atoms with Crippen molar-refractivity contribution in [1.82, 2.24) is 15.3 Å². The van der Waals surface area contributed by atoms with Gasteiger partial charge in [-0.1, -0.05) is 12.1 Å². The van der Waals surface area contributed by atoms with Crippen LogP contribution in [0.1, 0.15) is 41.4 Å². The molecule has 0 aliphatic carbocycles. The number of rotatable bonds is 3. The Hall–Kier alpha value is -2.80. The zero-order valence-electron chi connectivity index (χ0n) is 13.4. The van der Waals surface area contributed by atoms with Crippen LogP contribution in [0.5, 0.6) is 0 Å². The predicted octanol–water partition coefficient (Wildman–Crippen LogP) is 3.28. The molecule has 1 saturated heterocycles. The highest BCUT2D eigenvalue weighted by atomic mass is 32.1. The zero-order valence-corrected chi connectivity index (χ0v) is 14.2. The van der Waals surface area contributed by atoms with Gasteiger partial charge in [-0.05, 0) is 42.0 Å². The number of nitrogens with one attached hydrogen (secondary N) is 2. The largest absolute Gasteiger partial charge is 0.349 e. The van der Waals surface area contributed by atoms with Crippen molar-refractivity contribution in [3.8, 4) is 0 Å². The molecule has 1 aliphatic heterocycles. The lowest BCUT2D eigenvalue weighted by Gasteiger charge is -2.24. The lowest BCUT2D eigenvalue weighted by atomic mass is 9.97. The van der Waals surface area contributed by atoms with Crippen LogP contribution >= 0.6 is 11.3 Å². The molecule has 6 nitrogen and oxygen atoms in total. The lowest BCUT2D eigenvalue weighted by molar-refractivity contribution is -0.123. The van der Waals surface area contributed by atoms with Crippen LogP contribution in [-0.2, 0) is 4.79 Å². The fourth-order valence-corrected chi connectivity index (χ4v) is 3.86. The highest BCUT2D eigenvalue weighted by Crippen LogP contribution is 2.26. The van der Waals surface area contributed by atoms with Crippen molar-refractivity contribution in [3.05, 3.63) is 53.3 Å². The van der Waals surface area contributed by atoms with Crippen LogP contribution in [0.3, 0.4) is 0 Å². The van der Waals surface area contributed by atoms with Gasteiger partial charge >= 0.3 is 0 Å². The monoisotopic (exact) mass is 352 g/mol. The Balaban J connectivity index is 1.56. The standard InChI is InChI=1S/C18H16N4O2S/c23-15-6-2-5-13(22-15)11-3-1-4-12(9-11)21-18(24)16-17-14(7-8-25-17)19-10-20-16/h1,3-4,7-10,13H,2,5-6H2,(H,21,24)(H,22,23). The highest BCUT2D eigenvalue weighted by Gasteiger charge is 2.20. The third-order valence-corrected chi connectivity index (χ3v) is 5.15. The van der Waals surface area contributed by atoms with Gasteiger partial charge in [0.05, 0.1) is 16.3 Å². The number of piperidine rings is 1. The van der Waals surface area contributed by atoms with E-state index in [1.807, 2.05) is 35.7 Å². The first-order valence-electron chi connectivity index (χ1n) is 8.09. The zero-order chi connectivity index (χ0) is 17.2. The van der Waals surface area contributed by atoms with Crippen molar-refractivity contribution >= 4 is 39.1 Å². The van der Waals surface area contributed by atoms with Crippen LogP contribution in [0.15, 0.2) is 42.0 Å². The van der Waals surface area contributed by atoms with E-state index in [9.17, 15) is 9.59 Å². The predicted molar refractivity (Wildman–Crippen MR) is 96.5 cm³/mol. The van der Waals surface area contributed by atoms with Crippen molar-refractivity contribution in [2.24, 2.45) is 0 Å². The van der Waals surface area contributed by atoms with Crippen LogP contribution < -0.4 is 10.6 Å². The third-order valence-electron chi connectivity index (χ3n) is 4.24. The van der Waals surface area contributed by atoms with Gasteiger partial charge in [-0.3, -0.25) is 9.59 Å². The Morgan fingerprint density at radius 2 is 2.20 bits per heavy atom. The first kappa shape index (κ1) is 15.7. The number of fused-ring (bicyclic) bond motifs is 1. The Morgan fingerprint density at radius 1 is 1.28 bits per heavy atom. The van der Waals surface area contributed by atoms with Crippen LogP contribution in [-0.4, -0.2) is 21.8 Å². The molecule has 0 bridgehead atoms. The molecule has 25 heavy (non-hydrogen) atoms. The van der Waals surface area contributed by atoms with Gasteiger partial charge in [0.2, 0.25) is 5.91 Å². The van der Waals surface area contributed by atoms with E-state index < -0.39 is 0 Å². The van der Waals surface area contributed by atoms with E-state index in [2.05, 4.69) is 20.6 Å². The first-order chi connectivity index (χ1) is 12.2. The van der Waals surface area contributed by atoms with Crippen LogP contribution in [0.4, 0.5) is 5.69 Å². The van der Waals surface area contributed by atoms with Gasteiger partial charge < -0.3 is 10.6 Å². The fourth-order valence-electron chi connectivity index (χ4n) is 3.03. The molecule has 1 atom stereocenters. The van der Waals surface area contributed by atoms with Crippen molar-refractivity contribution in [3.63, 3.8) is 0 Å². The van der Waals surface area contributed by atoms with E-state index in [1.54, 1.807) is 0 Å². The molecule has 1 aromatic carbocycles. The summed E-state index contributed by atoms with van der Waals surface area (Å²) < 4.78 is 0.774. The van der Waals surface area contributed by atoms with Crippen LogP contribution in [0.25, 0.3) is 10.2 Å². The number of anilines is 1. The summed E-state index contributed by atoms with van der Waals surface area (Å²) in [4.78, 5) is 32.5. The molecule has 4 rings (SSSR count). The van der Waals surface area contributed by atoms with E-state index in [0.717, 1.165) is 28.6 Å². The summed E-state index contributed by atoms with van der Waals surface area (Å²) in [5.41, 5.74) is 2.82. The molecule has 0 radical (unpaired) electrons. The Kier molecular flexibility index (Phi) is 4.15. The van der Waals surface area contributed by atoms with E-state index in [-0.39, 0.29) is 17.9 Å². The van der Waals surface area contributed by atoms with E-state index >= 15 is 0 Å². The maximum atomic E-state index is 12.6. The minimum atomic E-state index is -0.264. The smallest absolute Gasteiger partial charge is 0.275 e. The molecule has 1 unspecified atom stereocenters. The number of amides is 2. The fraction of sp³-hybridized carbons (Fsp3) is 0.222. The molecular weight excluding hydrogens is 336 g/mol. The Labute approximate surface area is 148 Å². The van der Waals surface area contributed by atoms with Gasteiger partial charge in [0.25, 0.3) is 5.91 Å². The van der Waals surface area contributed by atoms with Gasteiger partial charge in [-0.25, -0.2) is 9.97 Å². The topological polar surface area (TPSA) is 84.0 Å². The van der Waals surface area contributed by atoms with E-state index in [1.165, 1.54) is 17.7 Å². The molecule has 126 valence electrons. The minimum absolute atomic E-state index is 0.00107. The maximum absolute atomic E-state index is 12.6. The molecular formula is C18H16N4O2S. The van der Waals surface area contributed by atoms with Crippen LogP contribution in [0.2, 0.25) is 0 Å². The summed E-state index contributed by atoms with van der Waals surface area (Å²) in [7, 11) is 0. The second-order valence-electron chi connectivity index (χ2n) is 5.95. The van der Waals surface area contributed by atoms with Crippen molar-refractivity contribution in [2.75, 3.05) is 5.32 Å². The molecule has 0 spiro atoms. The quantitative estimate of drug-likeness (QED) is 0.758. The van der Waals surface area contributed by atoms with Crippen molar-refractivity contribution in [2.45, 2.75) is 25.3 Å². The average Bonchev–Trinajstić information content (AvgIpc) is 3.10. The Bertz CT molecular complexity index is 953. The van der Waals surface area contributed by atoms with Crippen molar-refractivity contribution in [1.29, 1.82) is 0 Å². The van der Waals surface area contributed by atoms with Gasteiger partial charge in [-0.15, -0.1) is 11.3 Å². The number of hydrogen-bond donors (Lipinski definition) is 2. The third kappa shape index (κ3) is 3.23. The molecule has 1 aliphatic rings. The lowest BCUT2D eigenvalue weighted by Crippen LogP contribution is -2.32. The van der Waals surface area contributed by atoms with Gasteiger partial charge in [0.1, 0.15) is 12.0 Å². The first-order valence-corrected chi connectivity index (χ1v) is 8.97. The molecule has 0 saturated carbocycles. The summed E-state index contributed by atoms with van der Waals surface area (Å²) in [6.45, 7) is 0. The molecule has 3 aromatic rings. The summed E-state index contributed by atoms with van der Waals surface area (Å²) in [5, 5.41) is 7.78. The summed E-state index contributed by atoms with van der Waals surface area (Å²) in [5.74, 6) is -0.188. The number of carbonyl (C=O) groups is 2. The van der Waals surface area contributed by atoms with Crippen LogP contribution in [0, 0.1) is 0 Å². The number of hydrogen-bond acceptors (Lipinski definition) is 5. The summed E-state index contributed by atoms with van der Waals surface area (Å²) >= 11 is 1.45. The number of nitrogens with zero attached hydrogens (tertiary/aromatic N) is 2. The average molecular weight is 352 g/mol. The molecule has 2 amide bonds. The number of aromatic nitrogens is 2. The SMILES string of the molecule is O=C1CCCC(c2cccc(NC(=O)c3ncnc4ccsc34)c2)N1. The second-order valence-corrected chi connectivity index (χ2v) is 6.87. The maximum Gasteiger partial charge on any atom is 0.275 e. The normalized spacial score (nSPS) is 17.3. The summed E-state index contributed by atoms with van der Waals surface area (Å²) in [6.07, 6.45) is 3.77. The van der Waals surface area contributed by atoms with Crippen molar-refractivity contribution < 1.29 is 9.59 Å². The molecule has 7 heteroatoms. The van der Waals surface area contributed by atoms with E-state index in [4.69, 9.17) is 0 Å². The summed E-state index contributed by atoms with van der Waals surface area (Å²) in [6, 6.07) is 9.45. The molecule has 2 aromatic heterocycles. The number of carbonyl (C=O) groups excluding carboxylic acids is 2. The molecule has 2 N–H and O–H groups in total. The number of thiophene rings is 1. The highest BCUT2D eigenvalue weighted by molar-refractivity contribution is 7.17. The minimum Gasteiger partial charge on any atom is -0.349 e. The Morgan fingerprint density at radius 3 is 3.08 bits per heavy atom. The van der Waals surface area contributed by atoms with Gasteiger partial charge in [-0.2, -0.15) is 0 Å². The van der Waals surface area contributed by atoms with Gasteiger partial charge in [0.15, 0.2) is 0 Å².